The Morgan fingerprint density at radius 2 is 1.88 bits per heavy atom. The second-order valence-corrected chi connectivity index (χ2v) is 2.98. The number of carbonyl (C=O) groups excluding carboxylic acids is 2. The third-order valence-electron chi connectivity index (χ3n) is 1.70. The molecule has 1 unspecified atom stereocenters. The zero-order valence-corrected chi connectivity index (χ0v) is 8.71. The van der Waals surface area contributed by atoms with Crippen LogP contribution in [-0.2, 0) is 19.1 Å². The predicted octanol–water partition coefficient (Wildman–Crippen LogP) is 0.0713. The van der Waals surface area contributed by atoms with Crippen LogP contribution in [0.3, 0.4) is 0 Å². The number of ether oxygens (including phenoxy) is 1. The van der Waals surface area contributed by atoms with Crippen molar-refractivity contribution >= 4 is 17.8 Å². The quantitative estimate of drug-likeness (QED) is 0.680. The van der Waals surface area contributed by atoms with Crippen molar-refractivity contribution in [2.45, 2.75) is 25.1 Å². The van der Waals surface area contributed by atoms with E-state index < -0.39 is 42.9 Å². The maximum atomic E-state index is 11.9. The molecule has 0 spiro atoms. The van der Waals surface area contributed by atoms with E-state index in [1.54, 1.807) is 0 Å². The van der Waals surface area contributed by atoms with E-state index in [9.17, 15) is 27.6 Å². The Bertz CT molecular complexity index is 315. The second-order valence-electron chi connectivity index (χ2n) is 2.98. The Morgan fingerprint density at radius 3 is 2.24 bits per heavy atom. The van der Waals surface area contributed by atoms with Crippen molar-refractivity contribution < 1.29 is 37.4 Å². The lowest BCUT2D eigenvalue weighted by Crippen LogP contribution is -2.47. The summed E-state index contributed by atoms with van der Waals surface area (Å²) >= 11 is 0. The number of halogens is 3. The summed E-state index contributed by atoms with van der Waals surface area (Å²) in [5.74, 6) is -4.76. The van der Waals surface area contributed by atoms with Gasteiger partial charge in [0, 0.05) is 6.42 Å². The zero-order chi connectivity index (χ0) is 13.6. The molecule has 0 saturated carbocycles. The number of aliphatic carboxylic acids is 1. The molecule has 1 amide bonds. The van der Waals surface area contributed by atoms with Gasteiger partial charge in [0.2, 0.25) is 0 Å². The monoisotopic (exact) mass is 257 g/mol. The summed E-state index contributed by atoms with van der Waals surface area (Å²) in [5, 5.41) is 9.69. The standard InChI is InChI=1S/C8H10F3NO5/c1-17-6(15)4(2-3-5(13)14)12-7(16)8(9,10)11/h4H,2-3H2,1H3,(H,12,16)(H,13,14). The van der Waals surface area contributed by atoms with Crippen LogP contribution in [0.15, 0.2) is 0 Å². The highest BCUT2D eigenvalue weighted by atomic mass is 19.4. The molecule has 0 aromatic carbocycles. The summed E-state index contributed by atoms with van der Waals surface area (Å²) in [4.78, 5) is 31.7. The lowest BCUT2D eigenvalue weighted by Gasteiger charge is -2.16. The van der Waals surface area contributed by atoms with E-state index in [-0.39, 0.29) is 0 Å². The highest BCUT2D eigenvalue weighted by Gasteiger charge is 2.41. The topological polar surface area (TPSA) is 92.7 Å². The number of hydrogen-bond acceptors (Lipinski definition) is 4. The van der Waals surface area contributed by atoms with Gasteiger partial charge in [-0.25, -0.2) is 4.79 Å². The first kappa shape index (κ1) is 15.2. The van der Waals surface area contributed by atoms with E-state index >= 15 is 0 Å². The molecule has 0 rings (SSSR count). The lowest BCUT2D eigenvalue weighted by molar-refractivity contribution is -0.175. The van der Waals surface area contributed by atoms with E-state index in [0.717, 1.165) is 7.11 Å². The molecule has 1 atom stereocenters. The Balaban J connectivity index is 4.55. The number of alkyl halides is 3. The van der Waals surface area contributed by atoms with Crippen LogP contribution in [0, 0.1) is 0 Å². The number of hydrogen-bond donors (Lipinski definition) is 2. The first-order valence-corrected chi connectivity index (χ1v) is 4.35. The van der Waals surface area contributed by atoms with Crippen LogP contribution in [0.1, 0.15) is 12.8 Å². The van der Waals surface area contributed by atoms with Gasteiger partial charge >= 0.3 is 24.0 Å². The van der Waals surface area contributed by atoms with E-state index in [1.165, 1.54) is 5.32 Å². The van der Waals surface area contributed by atoms with Crippen LogP contribution in [0.25, 0.3) is 0 Å². The SMILES string of the molecule is COC(=O)C(CCC(=O)O)NC(=O)C(F)(F)F. The van der Waals surface area contributed by atoms with Crippen LogP contribution in [-0.4, -0.2) is 42.3 Å². The molecule has 0 aliphatic heterocycles. The van der Waals surface area contributed by atoms with E-state index in [1.807, 2.05) is 0 Å². The minimum absolute atomic E-state index is 0.482. The summed E-state index contributed by atoms with van der Waals surface area (Å²) in [7, 11) is 0.913. The Kier molecular flexibility index (Phi) is 5.42. The first-order chi connectivity index (χ1) is 7.68. The van der Waals surface area contributed by atoms with Gasteiger partial charge < -0.3 is 15.2 Å². The fraction of sp³-hybridized carbons (Fsp3) is 0.625. The first-order valence-electron chi connectivity index (χ1n) is 4.35. The molecule has 17 heavy (non-hydrogen) atoms. The van der Waals surface area contributed by atoms with Gasteiger partial charge in [0.1, 0.15) is 6.04 Å². The Labute approximate surface area is 93.7 Å². The zero-order valence-electron chi connectivity index (χ0n) is 8.71. The second kappa shape index (κ2) is 6.06. The molecule has 0 radical (unpaired) electrons. The molecule has 0 aliphatic rings. The van der Waals surface area contributed by atoms with Crippen molar-refractivity contribution in [1.29, 1.82) is 0 Å². The Hall–Kier alpha value is -1.80. The molecule has 2 N–H and O–H groups in total. The highest BCUT2D eigenvalue weighted by Crippen LogP contribution is 2.15. The van der Waals surface area contributed by atoms with Crippen LogP contribution >= 0.6 is 0 Å². The molecular formula is C8H10F3NO5. The smallest absolute Gasteiger partial charge is 0.471 e. The molecule has 6 nitrogen and oxygen atoms in total. The molecule has 9 heteroatoms. The van der Waals surface area contributed by atoms with Crippen LogP contribution in [0.5, 0.6) is 0 Å². The minimum atomic E-state index is -5.14. The van der Waals surface area contributed by atoms with Crippen molar-refractivity contribution in [3.05, 3.63) is 0 Å². The summed E-state index contributed by atoms with van der Waals surface area (Å²) in [6.07, 6.45) is -6.20. The average molecular weight is 257 g/mol. The van der Waals surface area contributed by atoms with Crippen molar-refractivity contribution in [2.75, 3.05) is 7.11 Å². The third kappa shape index (κ3) is 5.73. The summed E-state index contributed by atoms with van der Waals surface area (Å²) < 4.78 is 39.8. The molecule has 0 bridgehead atoms. The van der Waals surface area contributed by atoms with Crippen molar-refractivity contribution in [2.24, 2.45) is 0 Å². The van der Waals surface area contributed by atoms with Gasteiger partial charge in [-0.3, -0.25) is 9.59 Å². The molecule has 98 valence electrons. The van der Waals surface area contributed by atoms with Crippen molar-refractivity contribution in [3.63, 3.8) is 0 Å². The number of rotatable bonds is 5. The fourth-order valence-corrected chi connectivity index (χ4v) is 0.899. The molecule has 0 aromatic rings. The highest BCUT2D eigenvalue weighted by molar-refractivity contribution is 5.87. The normalized spacial score (nSPS) is 12.7. The predicted molar refractivity (Wildman–Crippen MR) is 46.9 cm³/mol. The van der Waals surface area contributed by atoms with Gasteiger partial charge in [-0.1, -0.05) is 0 Å². The van der Waals surface area contributed by atoms with E-state index in [2.05, 4.69) is 4.74 Å². The number of carboxylic acid groups (broad SMARTS) is 1. The van der Waals surface area contributed by atoms with Gasteiger partial charge in [-0.2, -0.15) is 13.2 Å². The molecule has 0 aliphatic carbocycles. The van der Waals surface area contributed by atoms with Gasteiger partial charge in [-0.05, 0) is 6.42 Å². The van der Waals surface area contributed by atoms with Gasteiger partial charge in [0.25, 0.3) is 0 Å². The third-order valence-corrected chi connectivity index (χ3v) is 1.70. The van der Waals surface area contributed by atoms with Crippen LogP contribution in [0.4, 0.5) is 13.2 Å². The number of methoxy groups -OCH3 is 1. The van der Waals surface area contributed by atoms with Crippen LogP contribution < -0.4 is 5.32 Å². The molecular weight excluding hydrogens is 247 g/mol. The Morgan fingerprint density at radius 1 is 1.35 bits per heavy atom. The molecule has 0 aromatic heterocycles. The van der Waals surface area contributed by atoms with E-state index in [0.29, 0.717) is 0 Å². The molecule has 0 heterocycles. The molecule has 0 fully saturated rings. The number of carboxylic acids is 1. The number of nitrogens with one attached hydrogen (secondary N) is 1. The summed E-state index contributed by atoms with van der Waals surface area (Å²) in [6.45, 7) is 0. The van der Waals surface area contributed by atoms with Gasteiger partial charge in [-0.15, -0.1) is 0 Å². The lowest BCUT2D eigenvalue weighted by atomic mass is 10.1. The minimum Gasteiger partial charge on any atom is -0.481 e. The summed E-state index contributed by atoms with van der Waals surface area (Å²) in [6, 6.07) is -1.63. The fourth-order valence-electron chi connectivity index (χ4n) is 0.899. The van der Waals surface area contributed by atoms with Gasteiger partial charge in [0.05, 0.1) is 7.11 Å². The molecule has 0 saturated heterocycles. The average Bonchev–Trinajstić information content (AvgIpc) is 2.20. The number of carbonyl (C=O) groups is 3. The maximum Gasteiger partial charge on any atom is 0.471 e. The van der Waals surface area contributed by atoms with Crippen molar-refractivity contribution in [3.8, 4) is 0 Å². The van der Waals surface area contributed by atoms with Crippen LogP contribution in [0.2, 0.25) is 0 Å². The summed E-state index contributed by atoms with van der Waals surface area (Å²) in [5.41, 5.74) is 0. The number of amides is 1. The maximum absolute atomic E-state index is 11.9. The van der Waals surface area contributed by atoms with Crippen molar-refractivity contribution in [1.82, 2.24) is 5.32 Å². The van der Waals surface area contributed by atoms with E-state index in [4.69, 9.17) is 5.11 Å². The largest absolute Gasteiger partial charge is 0.481 e. The number of esters is 1. The van der Waals surface area contributed by atoms with Gasteiger partial charge in [0.15, 0.2) is 0 Å².